The number of fused-ring (bicyclic) bond motifs is 16. The second kappa shape index (κ2) is 12.6. The van der Waals surface area contributed by atoms with Crippen LogP contribution in [0.25, 0.3) is 120 Å². The zero-order chi connectivity index (χ0) is 42.8. The Balaban J connectivity index is 0.988. The smallest absolute Gasteiger partial charge is 0.0620 e. The molecule has 0 aliphatic heterocycles. The Morgan fingerprint density at radius 1 is 0.364 bits per heavy atom. The van der Waals surface area contributed by atoms with Crippen LogP contribution < -0.4 is 0 Å². The largest absolute Gasteiger partial charge is 0.307 e. The molecule has 2 aliphatic carbocycles. The average molecular weight is 835 g/mol. The van der Waals surface area contributed by atoms with Crippen LogP contribution in [-0.4, -0.2) is 8.80 Å². The molecule has 2 nitrogen and oxygen atoms in total. The zero-order valence-electron chi connectivity index (χ0n) is 35.9. The van der Waals surface area contributed by atoms with E-state index in [4.69, 9.17) is 0 Å². The summed E-state index contributed by atoms with van der Waals surface area (Å²) in [5.74, 6) is 0.117. The molecule has 0 saturated heterocycles. The topological polar surface area (TPSA) is 8.82 Å². The van der Waals surface area contributed by atoms with Crippen molar-refractivity contribution >= 4 is 109 Å². The lowest BCUT2D eigenvalue weighted by molar-refractivity contribution is 0.775. The molecular weight excluding hydrogens is 797 g/mol. The standard InChI is InChI=1S/C64H38N2/c1-2-14-38-34-41-35-40(32-31-39(41)33-37(38)13-1)60-46-19-7-17-42(48-21-9-25-52-54-27-11-23-50-44-15-3-5-29-58(44)65(61(48)52)63(50)54)56(46)36-57-43(18-8-20-47(57)60)49-22-10-26-53-55-28-12-24-51-45-16-4-6-30-59(45)66(62(49)53)64(51)55/h1-35,56H,36H2. The molecule has 66 heavy (non-hydrogen) atoms. The van der Waals surface area contributed by atoms with Gasteiger partial charge in [-0.15, -0.1) is 0 Å². The van der Waals surface area contributed by atoms with Crippen molar-refractivity contribution in [2.24, 2.45) is 5.92 Å². The normalized spacial score (nSPS) is 15.3. The van der Waals surface area contributed by atoms with Crippen molar-refractivity contribution in [2.75, 3.05) is 0 Å². The number of hydrogen-bond donors (Lipinski definition) is 0. The van der Waals surface area contributed by atoms with Gasteiger partial charge in [-0.25, -0.2) is 0 Å². The van der Waals surface area contributed by atoms with Crippen LogP contribution >= 0.6 is 0 Å². The molecule has 0 bridgehead atoms. The van der Waals surface area contributed by atoms with Crippen LogP contribution in [-0.2, 0) is 6.42 Å². The van der Waals surface area contributed by atoms with Gasteiger partial charge < -0.3 is 8.80 Å². The van der Waals surface area contributed by atoms with Crippen molar-refractivity contribution in [3.8, 4) is 11.1 Å². The van der Waals surface area contributed by atoms with E-state index in [0.29, 0.717) is 0 Å². The Morgan fingerprint density at radius 3 is 1.53 bits per heavy atom. The molecule has 0 radical (unpaired) electrons. The summed E-state index contributed by atoms with van der Waals surface area (Å²) >= 11 is 0. The first-order valence-electron chi connectivity index (χ1n) is 23.3. The highest BCUT2D eigenvalue weighted by atomic mass is 14.9. The molecule has 2 aliphatic rings. The highest BCUT2D eigenvalue weighted by molar-refractivity contribution is 6.26. The van der Waals surface area contributed by atoms with Crippen LogP contribution in [0.3, 0.4) is 0 Å². The van der Waals surface area contributed by atoms with Gasteiger partial charge in [0.2, 0.25) is 0 Å². The van der Waals surface area contributed by atoms with Crippen LogP contribution in [0.4, 0.5) is 0 Å². The minimum absolute atomic E-state index is 0.117. The van der Waals surface area contributed by atoms with Gasteiger partial charge in [0.05, 0.1) is 33.1 Å². The van der Waals surface area contributed by atoms with E-state index < -0.39 is 0 Å². The molecule has 0 saturated carbocycles. The SMILES string of the molecule is C1=CC2=C(c3ccc4cc5ccccc5cc4c3)c3cccc(-c4cccc5c6cccc7c8ccccc8n(c45)c76)c3CC2C(c2cccc3c4cccc5c6ccccc6n(c23)c54)=C1. The van der Waals surface area contributed by atoms with Gasteiger partial charge in [0, 0.05) is 60.1 Å². The van der Waals surface area contributed by atoms with E-state index in [0.717, 1.165) is 6.42 Å². The number of rotatable bonds is 3. The lowest BCUT2D eigenvalue weighted by Crippen LogP contribution is -2.20. The van der Waals surface area contributed by atoms with Crippen molar-refractivity contribution in [2.45, 2.75) is 6.42 Å². The Bertz CT molecular complexity index is 4550. The van der Waals surface area contributed by atoms with Crippen LogP contribution in [0.5, 0.6) is 0 Å². The van der Waals surface area contributed by atoms with Gasteiger partial charge in [0.1, 0.15) is 0 Å². The van der Waals surface area contributed by atoms with E-state index in [2.05, 4.69) is 221 Å². The van der Waals surface area contributed by atoms with E-state index in [1.807, 2.05) is 0 Å². The van der Waals surface area contributed by atoms with Gasteiger partial charge in [-0.3, -0.25) is 0 Å². The van der Waals surface area contributed by atoms with E-state index in [9.17, 15) is 0 Å². The van der Waals surface area contributed by atoms with Crippen LogP contribution in [0.15, 0.2) is 218 Å². The van der Waals surface area contributed by atoms with Crippen molar-refractivity contribution in [1.29, 1.82) is 0 Å². The molecule has 14 aromatic rings. The Kier molecular flexibility index (Phi) is 6.69. The van der Waals surface area contributed by atoms with Crippen LogP contribution in [0, 0.1) is 5.92 Å². The molecule has 2 heteroatoms. The first-order chi connectivity index (χ1) is 32.8. The minimum Gasteiger partial charge on any atom is -0.307 e. The maximum atomic E-state index is 2.57. The molecular formula is C64H38N2. The minimum atomic E-state index is 0.117. The fourth-order valence-corrected chi connectivity index (χ4v) is 12.9. The maximum Gasteiger partial charge on any atom is 0.0620 e. The molecule has 0 amide bonds. The van der Waals surface area contributed by atoms with Crippen molar-refractivity contribution in [3.63, 3.8) is 0 Å². The van der Waals surface area contributed by atoms with Crippen molar-refractivity contribution < 1.29 is 0 Å². The first-order valence-corrected chi connectivity index (χ1v) is 23.3. The Hall–Kier alpha value is -8.46. The third-order valence-electron chi connectivity index (χ3n) is 15.5. The summed E-state index contributed by atoms with van der Waals surface area (Å²) in [7, 11) is 0. The number of allylic oxidation sites excluding steroid dienone is 5. The summed E-state index contributed by atoms with van der Waals surface area (Å²) in [6.45, 7) is 0. The van der Waals surface area contributed by atoms with E-state index in [1.165, 1.54) is 148 Å². The molecule has 1 unspecified atom stereocenters. The fourth-order valence-electron chi connectivity index (χ4n) is 12.9. The van der Waals surface area contributed by atoms with Crippen LogP contribution in [0.1, 0.15) is 22.3 Å². The van der Waals surface area contributed by atoms with Gasteiger partial charge in [-0.1, -0.05) is 182 Å². The highest BCUT2D eigenvalue weighted by Crippen LogP contribution is 2.52. The molecule has 1 atom stereocenters. The third-order valence-corrected chi connectivity index (χ3v) is 15.5. The monoisotopic (exact) mass is 834 g/mol. The summed E-state index contributed by atoms with van der Waals surface area (Å²) < 4.78 is 5.13. The zero-order valence-corrected chi connectivity index (χ0v) is 35.9. The summed E-state index contributed by atoms with van der Waals surface area (Å²) in [6.07, 6.45) is 8.05. The second-order valence-corrected chi connectivity index (χ2v) is 18.7. The number of hydrogen-bond acceptors (Lipinski definition) is 0. The molecule has 4 heterocycles. The highest BCUT2D eigenvalue weighted by Gasteiger charge is 2.35. The summed E-state index contributed by atoms with van der Waals surface area (Å²) in [5, 5.41) is 15.5. The lowest BCUT2D eigenvalue weighted by Gasteiger charge is -2.35. The van der Waals surface area contributed by atoms with E-state index >= 15 is 0 Å². The molecule has 0 N–H and O–H groups in total. The number of benzene rings is 10. The summed E-state index contributed by atoms with van der Waals surface area (Å²) in [4.78, 5) is 0. The molecule has 0 spiro atoms. The molecule has 0 fully saturated rings. The van der Waals surface area contributed by atoms with E-state index in [-0.39, 0.29) is 5.92 Å². The summed E-state index contributed by atoms with van der Waals surface area (Å²) in [5.41, 5.74) is 19.7. The van der Waals surface area contributed by atoms with Gasteiger partial charge in [0.25, 0.3) is 0 Å². The average Bonchev–Trinajstić information content (AvgIpc) is 4.11. The van der Waals surface area contributed by atoms with Crippen LogP contribution in [0.2, 0.25) is 0 Å². The Labute approximate surface area is 379 Å². The lowest BCUT2D eigenvalue weighted by atomic mass is 9.69. The van der Waals surface area contributed by atoms with Crippen molar-refractivity contribution in [1.82, 2.24) is 8.80 Å². The van der Waals surface area contributed by atoms with Crippen molar-refractivity contribution in [3.05, 3.63) is 240 Å². The number of nitrogens with zero attached hydrogens (tertiary/aromatic N) is 2. The molecule has 4 aromatic heterocycles. The predicted octanol–water partition coefficient (Wildman–Crippen LogP) is 16.6. The Morgan fingerprint density at radius 2 is 0.848 bits per heavy atom. The van der Waals surface area contributed by atoms with Gasteiger partial charge in [-0.05, 0) is 97.3 Å². The maximum absolute atomic E-state index is 2.57. The fraction of sp³-hybridized carbons (Fsp3) is 0.0312. The summed E-state index contributed by atoms with van der Waals surface area (Å²) in [6, 6.07) is 73.3. The molecule has 304 valence electrons. The van der Waals surface area contributed by atoms with Gasteiger partial charge in [0.15, 0.2) is 0 Å². The quantitative estimate of drug-likeness (QED) is 0.157. The van der Waals surface area contributed by atoms with Gasteiger partial charge in [-0.2, -0.15) is 0 Å². The van der Waals surface area contributed by atoms with E-state index in [1.54, 1.807) is 0 Å². The molecule has 10 aromatic carbocycles. The molecule has 16 rings (SSSR count). The third kappa shape index (κ3) is 4.41. The predicted molar refractivity (Wildman–Crippen MR) is 279 cm³/mol. The first kappa shape index (κ1) is 35.0. The second-order valence-electron chi connectivity index (χ2n) is 18.7. The number of para-hydroxylation sites is 6. The number of aromatic nitrogens is 2. The van der Waals surface area contributed by atoms with Gasteiger partial charge >= 0.3 is 0 Å².